The number of fused-ring (bicyclic) bond motifs is 2. The van der Waals surface area contributed by atoms with E-state index < -0.39 is 11.8 Å². The van der Waals surface area contributed by atoms with Crippen molar-refractivity contribution < 1.29 is 19.4 Å². The van der Waals surface area contributed by atoms with Gasteiger partial charge in [-0.2, -0.15) is 0 Å². The van der Waals surface area contributed by atoms with Crippen molar-refractivity contribution in [2.45, 2.75) is 32.2 Å². The van der Waals surface area contributed by atoms with Crippen molar-refractivity contribution >= 4 is 29.0 Å². The second-order valence-electron chi connectivity index (χ2n) is 8.49. The minimum absolute atomic E-state index is 0.230. The molecule has 0 radical (unpaired) electrons. The lowest BCUT2D eigenvalue weighted by Gasteiger charge is -2.35. The molecule has 8 heteroatoms. The molecule has 1 aliphatic heterocycles. The first kappa shape index (κ1) is 21.7. The zero-order valence-electron chi connectivity index (χ0n) is 18.8. The van der Waals surface area contributed by atoms with Crippen molar-refractivity contribution in [1.82, 2.24) is 14.9 Å². The van der Waals surface area contributed by atoms with Crippen LogP contribution in [0.4, 0.5) is 10.7 Å². The number of benzene rings is 3. The van der Waals surface area contributed by atoms with Crippen LogP contribution >= 0.6 is 0 Å². The number of imidazole rings is 1. The van der Waals surface area contributed by atoms with Crippen molar-refractivity contribution in [3.63, 3.8) is 0 Å². The van der Waals surface area contributed by atoms with Crippen molar-refractivity contribution in [2.75, 3.05) is 5.32 Å². The van der Waals surface area contributed by atoms with Crippen LogP contribution in [0.2, 0.25) is 0 Å². The first-order chi connectivity index (χ1) is 16.4. The zero-order valence-corrected chi connectivity index (χ0v) is 18.8. The summed E-state index contributed by atoms with van der Waals surface area (Å²) >= 11 is 0. The molecule has 0 saturated carbocycles. The molecule has 0 fully saturated rings. The number of carbonyl (C=O) groups is 2. The Labute approximate surface area is 196 Å². The number of hydrogen-bond donors (Lipinski definition) is 3. The van der Waals surface area contributed by atoms with Crippen LogP contribution < -0.4 is 5.32 Å². The fourth-order valence-corrected chi connectivity index (χ4v) is 4.30. The summed E-state index contributed by atoms with van der Waals surface area (Å²) in [5, 5.41) is 14.7. The van der Waals surface area contributed by atoms with Gasteiger partial charge in [-0.1, -0.05) is 54.6 Å². The summed E-state index contributed by atoms with van der Waals surface area (Å²) in [5.74, 6) is -0.0146. The average molecular weight is 457 g/mol. The number of H-pyrrole nitrogens is 1. The van der Waals surface area contributed by atoms with Crippen LogP contribution in [0, 0.1) is 0 Å². The highest BCUT2D eigenvalue weighted by molar-refractivity contribution is 6.00. The first-order valence-corrected chi connectivity index (χ1v) is 11.0. The van der Waals surface area contributed by atoms with Crippen molar-refractivity contribution in [1.29, 1.82) is 0 Å². The summed E-state index contributed by atoms with van der Waals surface area (Å²) in [7, 11) is 0. The second-order valence-corrected chi connectivity index (χ2v) is 8.49. The number of nitrogens with zero attached hydrogens (tertiary/aromatic N) is 2. The third-order valence-corrected chi connectivity index (χ3v) is 5.80. The maximum absolute atomic E-state index is 13.4. The monoisotopic (exact) mass is 456 g/mol. The van der Waals surface area contributed by atoms with E-state index in [1.807, 2.05) is 30.3 Å². The highest BCUT2D eigenvalue weighted by Gasteiger charge is 2.49. The molecule has 3 aromatic carbocycles. The van der Waals surface area contributed by atoms with E-state index in [2.05, 4.69) is 15.3 Å². The van der Waals surface area contributed by atoms with Crippen molar-refractivity contribution in [3.05, 3.63) is 95.1 Å². The maximum atomic E-state index is 13.4. The molecule has 1 aliphatic rings. The number of anilines is 1. The predicted molar refractivity (Wildman–Crippen MR) is 127 cm³/mol. The van der Waals surface area contributed by atoms with Crippen LogP contribution in [0.15, 0.2) is 72.8 Å². The molecule has 172 valence electrons. The van der Waals surface area contributed by atoms with E-state index in [0.29, 0.717) is 27.7 Å². The summed E-state index contributed by atoms with van der Waals surface area (Å²) in [6.45, 7) is 3.75. The van der Waals surface area contributed by atoms with Gasteiger partial charge in [-0.05, 0) is 37.6 Å². The van der Waals surface area contributed by atoms with E-state index in [9.17, 15) is 14.7 Å². The summed E-state index contributed by atoms with van der Waals surface area (Å²) < 4.78 is 5.10. The maximum Gasteiger partial charge on any atom is 0.414 e. The number of aliphatic hydroxyl groups is 1. The standard InChI is InChI=1S/C26H24N4O4/c1-16(2)34-25(32)29-24-27-21-13-12-18(14-22(21)28-24)26(33)20-11-7-6-10-19(20)23(31)30(26)15-17-8-4-3-5-9-17/h3-14,16,33H,15H2,1-2H3,(H2,27,28,29,32). The molecule has 3 N–H and O–H groups in total. The SMILES string of the molecule is CC(C)OC(=O)Nc1nc2ccc(C3(O)c4ccccc4C(=O)N3Cc3ccccc3)cc2[nH]1. The van der Waals surface area contributed by atoms with Crippen LogP contribution in [0.5, 0.6) is 0 Å². The van der Waals surface area contributed by atoms with Crippen LogP contribution in [-0.4, -0.2) is 38.1 Å². The van der Waals surface area contributed by atoms with E-state index >= 15 is 0 Å². The normalized spacial score (nSPS) is 17.3. The van der Waals surface area contributed by atoms with Crippen LogP contribution in [0.25, 0.3) is 11.0 Å². The van der Waals surface area contributed by atoms with Gasteiger partial charge in [0.2, 0.25) is 5.95 Å². The van der Waals surface area contributed by atoms with Crippen LogP contribution in [0.1, 0.15) is 40.9 Å². The average Bonchev–Trinajstić information content (AvgIpc) is 3.31. The third-order valence-electron chi connectivity index (χ3n) is 5.80. The summed E-state index contributed by atoms with van der Waals surface area (Å²) in [4.78, 5) is 34.2. The topological polar surface area (TPSA) is 108 Å². The largest absolute Gasteiger partial charge is 0.447 e. The zero-order chi connectivity index (χ0) is 23.9. The van der Waals surface area contributed by atoms with Gasteiger partial charge < -0.3 is 14.8 Å². The predicted octanol–water partition coefficient (Wildman–Crippen LogP) is 4.37. The van der Waals surface area contributed by atoms with Gasteiger partial charge in [0.15, 0.2) is 5.72 Å². The van der Waals surface area contributed by atoms with E-state index in [1.54, 1.807) is 56.3 Å². The molecule has 0 aliphatic carbocycles. The lowest BCUT2D eigenvalue weighted by molar-refractivity contribution is -0.0542. The quantitative estimate of drug-likeness (QED) is 0.413. The van der Waals surface area contributed by atoms with Gasteiger partial charge in [0.1, 0.15) is 0 Å². The highest BCUT2D eigenvalue weighted by atomic mass is 16.6. The number of hydrogen-bond acceptors (Lipinski definition) is 5. The molecule has 1 unspecified atom stereocenters. The van der Waals surface area contributed by atoms with Crippen molar-refractivity contribution in [2.24, 2.45) is 0 Å². The minimum atomic E-state index is -1.67. The number of amides is 2. The Bertz CT molecular complexity index is 1380. The second kappa shape index (κ2) is 8.31. The molecule has 0 bridgehead atoms. The Morgan fingerprint density at radius 1 is 1.12 bits per heavy atom. The van der Waals surface area contributed by atoms with E-state index in [-0.39, 0.29) is 24.5 Å². The fourth-order valence-electron chi connectivity index (χ4n) is 4.30. The Kier molecular flexibility index (Phi) is 5.30. The van der Waals surface area contributed by atoms with Gasteiger partial charge in [0.25, 0.3) is 5.91 Å². The van der Waals surface area contributed by atoms with Crippen LogP contribution in [0.3, 0.4) is 0 Å². The van der Waals surface area contributed by atoms with Gasteiger partial charge >= 0.3 is 6.09 Å². The summed E-state index contributed by atoms with van der Waals surface area (Å²) in [5.41, 5.74) is 1.92. The van der Waals surface area contributed by atoms with Gasteiger partial charge in [-0.25, -0.2) is 9.78 Å². The Hall–Kier alpha value is -4.17. The first-order valence-electron chi connectivity index (χ1n) is 11.0. The van der Waals surface area contributed by atoms with E-state index in [0.717, 1.165) is 5.56 Å². The smallest absolute Gasteiger partial charge is 0.414 e. The van der Waals surface area contributed by atoms with E-state index in [1.165, 1.54) is 4.90 Å². The van der Waals surface area contributed by atoms with Gasteiger partial charge in [0, 0.05) is 23.2 Å². The number of carbonyl (C=O) groups excluding carboxylic acids is 2. The van der Waals surface area contributed by atoms with E-state index in [4.69, 9.17) is 4.74 Å². The van der Waals surface area contributed by atoms with Crippen molar-refractivity contribution in [3.8, 4) is 0 Å². The molecular formula is C26H24N4O4. The number of ether oxygens (including phenoxy) is 1. The Morgan fingerprint density at radius 2 is 1.85 bits per heavy atom. The molecule has 34 heavy (non-hydrogen) atoms. The molecule has 0 saturated heterocycles. The van der Waals surface area contributed by atoms with Gasteiger partial charge in [-0.3, -0.25) is 15.0 Å². The lowest BCUT2D eigenvalue weighted by atomic mass is 9.93. The molecule has 1 aromatic heterocycles. The molecular weight excluding hydrogens is 432 g/mol. The molecule has 2 amide bonds. The van der Waals surface area contributed by atoms with Crippen LogP contribution in [-0.2, 0) is 17.0 Å². The number of aromatic amines is 1. The molecule has 0 spiro atoms. The minimum Gasteiger partial charge on any atom is -0.447 e. The number of aromatic nitrogens is 2. The number of rotatable bonds is 5. The summed E-state index contributed by atoms with van der Waals surface area (Å²) in [6, 6.07) is 21.9. The van der Waals surface area contributed by atoms with Gasteiger partial charge in [-0.15, -0.1) is 0 Å². The Morgan fingerprint density at radius 3 is 2.62 bits per heavy atom. The molecule has 8 nitrogen and oxygen atoms in total. The lowest BCUT2D eigenvalue weighted by Crippen LogP contribution is -2.44. The molecule has 4 aromatic rings. The highest BCUT2D eigenvalue weighted by Crippen LogP contribution is 2.43. The molecule has 2 heterocycles. The summed E-state index contributed by atoms with van der Waals surface area (Å²) in [6.07, 6.45) is -0.877. The van der Waals surface area contributed by atoms with Gasteiger partial charge in [0.05, 0.1) is 17.1 Å². The molecule has 5 rings (SSSR count). The molecule has 1 atom stereocenters. The fraction of sp³-hybridized carbons (Fsp3) is 0.192. The number of nitrogens with one attached hydrogen (secondary N) is 2. The third kappa shape index (κ3) is 3.68. The Balaban J connectivity index is 1.55.